The molecule has 3 rings (SSSR count). The number of carbonyl (C=O) groups excluding carboxylic acids is 1. The number of anilines is 1. The molecule has 0 atom stereocenters. The summed E-state index contributed by atoms with van der Waals surface area (Å²) >= 11 is 11.2. The van der Waals surface area contributed by atoms with Crippen LogP contribution in [0.15, 0.2) is 41.4 Å². The molecule has 1 fully saturated rings. The van der Waals surface area contributed by atoms with Gasteiger partial charge in [0, 0.05) is 18.1 Å². The van der Waals surface area contributed by atoms with E-state index in [2.05, 4.69) is 16.8 Å². The molecule has 0 spiro atoms. The summed E-state index contributed by atoms with van der Waals surface area (Å²) in [6.07, 6.45) is 3.45. The van der Waals surface area contributed by atoms with Crippen LogP contribution in [0.3, 0.4) is 0 Å². The van der Waals surface area contributed by atoms with Gasteiger partial charge in [-0.05, 0) is 49.1 Å². The Labute approximate surface area is 174 Å². The minimum atomic E-state index is -4.14. The van der Waals surface area contributed by atoms with Crippen LogP contribution in [0.4, 0.5) is 5.82 Å². The van der Waals surface area contributed by atoms with Gasteiger partial charge < -0.3 is 10.6 Å². The Morgan fingerprint density at radius 3 is 2.32 bits per heavy atom. The van der Waals surface area contributed by atoms with E-state index in [1.807, 2.05) is 0 Å². The third-order valence-corrected chi connectivity index (χ3v) is 5.71. The summed E-state index contributed by atoms with van der Waals surface area (Å²) in [5, 5.41) is 0.769. The van der Waals surface area contributed by atoms with Crippen molar-refractivity contribution >= 4 is 45.0 Å². The summed E-state index contributed by atoms with van der Waals surface area (Å²) in [5.41, 5.74) is 5.29. The topological polar surface area (TPSA) is 114 Å². The van der Waals surface area contributed by atoms with E-state index in [1.165, 1.54) is 24.4 Å². The predicted molar refractivity (Wildman–Crippen MR) is 110 cm³/mol. The predicted octanol–water partition coefficient (Wildman–Crippen LogP) is 3.66. The number of benzene rings is 1. The average Bonchev–Trinajstić information content (AvgIpc) is 2.62. The van der Waals surface area contributed by atoms with Crippen LogP contribution in [0.5, 0.6) is 0 Å². The summed E-state index contributed by atoms with van der Waals surface area (Å²) in [6, 6.07) is 7.55. The summed E-state index contributed by atoms with van der Waals surface area (Å²) in [6.45, 7) is 4.12. The number of nitrogens with zero attached hydrogens (tertiary/aromatic N) is 2. The molecular formula is C18H21Cl2N3O4S. The van der Waals surface area contributed by atoms with Crippen molar-refractivity contribution < 1.29 is 17.8 Å². The smallest absolute Gasteiger partial charge is 0.296 e. The molecule has 2 aromatic rings. The molecule has 152 valence electrons. The monoisotopic (exact) mass is 445 g/mol. The van der Waals surface area contributed by atoms with E-state index in [0.29, 0.717) is 5.02 Å². The lowest BCUT2D eigenvalue weighted by atomic mass is 9.99. The largest absolute Gasteiger partial charge is 0.366 e. The van der Waals surface area contributed by atoms with Gasteiger partial charge in [-0.1, -0.05) is 30.1 Å². The van der Waals surface area contributed by atoms with Crippen LogP contribution in [0, 0.1) is 5.92 Å². The molecule has 1 aromatic carbocycles. The van der Waals surface area contributed by atoms with E-state index >= 15 is 0 Å². The Morgan fingerprint density at radius 2 is 1.86 bits per heavy atom. The van der Waals surface area contributed by atoms with Gasteiger partial charge in [0.2, 0.25) is 5.91 Å². The summed E-state index contributed by atoms with van der Waals surface area (Å²) in [5.74, 6) is 0.958. The molecule has 0 unspecified atom stereocenters. The Bertz CT molecular complexity index is 928. The summed E-state index contributed by atoms with van der Waals surface area (Å²) in [4.78, 5) is 16.7. The maximum absolute atomic E-state index is 10.9. The van der Waals surface area contributed by atoms with Gasteiger partial charge in [-0.3, -0.25) is 9.35 Å². The average molecular weight is 446 g/mol. The van der Waals surface area contributed by atoms with Crippen molar-refractivity contribution in [3.63, 3.8) is 0 Å². The highest BCUT2D eigenvalue weighted by Crippen LogP contribution is 2.22. The van der Waals surface area contributed by atoms with Crippen LogP contribution in [0.1, 0.15) is 30.1 Å². The van der Waals surface area contributed by atoms with Crippen molar-refractivity contribution in [3.05, 3.63) is 52.1 Å². The number of carbonyl (C=O) groups is 1. The van der Waals surface area contributed by atoms with E-state index in [1.54, 1.807) is 12.1 Å². The first-order chi connectivity index (χ1) is 13.1. The maximum Gasteiger partial charge on any atom is 0.296 e. The third kappa shape index (κ3) is 6.34. The van der Waals surface area contributed by atoms with Gasteiger partial charge in [0.15, 0.2) is 0 Å². The van der Waals surface area contributed by atoms with Crippen LogP contribution in [-0.2, 0) is 10.1 Å². The van der Waals surface area contributed by atoms with Crippen LogP contribution in [-0.4, -0.2) is 37.0 Å². The molecule has 10 heteroatoms. The molecule has 0 bridgehead atoms. The van der Waals surface area contributed by atoms with Crippen molar-refractivity contribution in [1.82, 2.24) is 4.98 Å². The lowest BCUT2D eigenvalue weighted by Gasteiger charge is -2.31. The van der Waals surface area contributed by atoms with Crippen molar-refractivity contribution in [2.45, 2.75) is 24.7 Å². The summed E-state index contributed by atoms with van der Waals surface area (Å²) < 4.78 is 30.6. The normalized spacial score (nSPS) is 14.9. The van der Waals surface area contributed by atoms with Gasteiger partial charge in [-0.25, -0.2) is 4.98 Å². The standard InChI is InChI=1S/C11H16N2O3S.C7H5Cl2NO/c1-9-4-6-13(7-5-9)11-3-2-10(8-12-11)17(14,15)16;8-4-1-2-5(7(10)11)6(9)3-4/h2-3,8-9H,4-7H2,1H3,(H,14,15,16);1-3H,(H2,10,11). The fraction of sp³-hybridized carbons (Fsp3) is 0.333. The molecule has 0 radical (unpaired) electrons. The number of halogens is 2. The van der Waals surface area contributed by atoms with Gasteiger partial charge >= 0.3 is 0 Å². The van der Waals surface area contributed by atoms with Crippen LogP contribution < -0.4 is 10.6 Å². The van der Waals surface area contributed by atoms with Gasteiger partial charge in [-0.15, -0.1) is 0 Å². The second kappa shape index (κ2) is 9.56. The first-order valence-electron chi connectivity index (χ1n) is 8.51. The van der Waals surface area contributed by atoms with Crippen molar-refractivity contribution in [2.75, 3.05) is 18.0 Å². The number of pyridine rings is 1. The van der Waals surface area contributed by atoms with E-state index in [4.69, 9.17) is 33.5 Å². The molecule has 3 N–H and O–H groups in total. The quantitative estimate of drug-likeness (QED) is 0.696. The van der Waals surface area contributed by atoms with Crippen molar-refractivity contribution in [2.24, 2.45) is 11.7 Å². The first kappa shape index (κ1) is 22.4. The van der Waals surface area contributed by atoms with Crippen LogP contribution in [0.25, 0.3) is 0 Å². The zero-order valence-corrected chi connectivity index (χ0v) is 17.5. The molecule has 1 aliphatic rings. The van der Waals surface area contributed by atoms with Gasteiger partial charge in [-0.2, -0.15) is 8.42 Å². The third-order valence-electron chi connectivity index (χ3n) is 4.32. The Kier molecular flexibility index (Phi) is 7.65. The van der Waals surface area contributed by atoms with Crippen molar-refractivity contribution in [3.8, 4) is 0 Å². The van der Waals surface area contributed by atoms with Gasteiger partial charge in [0.05, 0.1) is 16.8 Å². The molecule has 0 saturated carbocycles. The zero-order chi connectivity index (χ0) is 20.9. The molecule has 2 heterocycles. The minimum absolute atomic E-state index is 0.161. The lowest BCUT2D eigenvalue weighted by Crippen LogP contribution is -2.33. The number of amides is 1. The van der Waals surface area contributed by atoms with E-state index in [0.717, 1.165) is 37.7 Å². The number of aromatic nitrogens is 1. The Hall–Kier alpha value is -1.87. The highest BCUT2D eigenvalue weighted by atomic mass is 35.5. The van der Waals surface area contributed by atoms with E-state index in [-0.39, 0.29) is 15.5 Å². The minimum Gasteiger partial charge on any atom is -0.366 e. The molecule has 7 nitrogen and oxygen atoms in total. The van der Waals surface area contributed by atoms with Crippen LogP contribution in [0.2, 0.25) is 10.0 Å². The Morgan fingerprint density at radius 1 is 1.21 bits per heavy atom. The number of rotatable bonds is 3. The van der Waals surface area contributed by atoms with E-state index in [9.17, 15) is 13.2 Å². The number of piperidine rings is 1. The van der Waals surface area contributed by atoms with E-state index < -0.39 is 16.0 Å². The molecule has 28 heavy (non-hydrogen) atoms. The molecular weight excluding hydrogens is 425 g/mol. The Balaban J connectivity index is 0.000000221. The number of primary amides is 1. The molecule has 1 aromatic heterocycles. The first-order valence-corrected chi connectivity index (χ1v) is 10.7. The maximum atomic E-state index is 10.9. The number of hydrogen-bond donors (Lipinski definition) is 2. The molecule has 1 amide bonds. The molecule has 1 saturated heterocycles. The highest BCUT2D eigenvalue weighted by molar-refractivity contribution is 7.85. The second-order valence-corrected chi connectivity index (χ2v) is 8.75. The number of nitrogens with two attached hydrogens (primary N) is 1. The zero-order valence-electron chi connectivity index (χ0n) is 15.2. The fourth-order valence-electron chi connectivity index (χ4n) is 2.64. The summed E-state index contributed by atoms with van der Waals surface area (Å²) in [7, 11) is -4.14. The second-order valence-electron chi connectivity index (χ2n) is 6.49. The van der Waals surface area contributed by atoms with Gasteiger partial charge in [0.25, 0.3) is 10.1 Å². The number of hydrogen-bond acceptors (Lipinski definition) is 5. The molecule has 1 aliphatic heterocycles. The SMILES string of the molecule is CC1CCN(c2ccc(S(=O)(=O)O)cn2)CC1.NC(=O)c1ccc(Cl)cc1Cl. The lowest BCUT2D eigenvalue weighted by molar-refractivity contribution is 0.100. The fourth-order valence-corrected chi connectivity index (χ4v) is 3.57. The molecule has 0 aliphatic carbocycles. The van der Waals surface area contributed by atoms with Gasteiger partial charge in [0.1, 0.15) is 10.7 Å². The highest BCUT2D eigenvalue weighted by Gasteiger charge is 2.17. The van der Waals surface area contributed by atoms with Crippen LogP contribution >= 0.6 is 23.2 Å². The van der Waals surface area contributed by atoms with Crippen molar-refractivity contribution in [1.29, 1.82) is 0 Å².